The summed E-state index contributed by atoms with van der Waals surface area (Å²) in [6.07, 6.45) is 0. The fourth-order valence-electron chi connectivity index (χ4n) is 1.99. The first-order chi connectivity index (χ1) is 9.65. The molecular formula is C14H11ClN4O. The van der Waals surface area contributed by atoms with Crippen LogP contribution in [-0.2, 0) is 0 Å². The molecule has 0 bridgehead atoms. The van der Waals surface area contributed by atoms with E-state index in [-0.39, 0.29) is 6.03 Å². The minimum Gasteiger partial charge on any atom is -0.382 e. The lowest BCUT2D eigenvalue weighted by molar-refractivity contribution is 0.252. The highest BCUT2D eigenvalue weighted by Crippen LogP contribution is 2.21. The van der Waals surface area contributed by atoms with Gasteiger partial charge in [0.2, 0.25) is 0 Å². The Hall–Kier alpha value is -2.53. The number of halogens is 1. The van der Waals surface area contributed by atoms with E-state index in [1.807, 2.05) is 18.2 Å². The number of nitrogens with two attached hydrogens (primary N) is 1. The number of hydrogen-bond acceptors (Lipinski definition) is 3. The second kappa shape index (κ2) is 4.86. The maximum atomic E-state index is 12.2. The van der Waals surface area contributed by atoms with E-state index in [0.717, 1.165) is 5.39 Å². The van der Waals surface area contributed by atoms with Crippen molar-refractivity contribution in [1.29, 1.82) is 0 Å². The predicted octanol–water partition coefficient (Wildman–Crippen LogP) is 3.35. The minimum atomic E-state index is -0.389. The molecule has 2 aromatic carbocycles. The van der Waals surface area contributed by atoms with Gasteiger partial charge in [-0.15, -0.1) is 5.10 Å². The quantitative estimate of drug-likeness (QED) is 0.720. The Morgan fingerprint density at radius 3 is 2.80 bits per heavy atom. The fraction of sp³-hybridized carbons (Fsp3) is 0. The number of para-hydroxylation sites is 1. The molecule has 0 saturated carbocycles. The van der Waals surface area contributed by atoms with Crippen LogP contribution in [0.4, 0.5) is 16.3 Å². The second-order valence-corrected chi connectivity index (χ2v) is 4.69. The summed E-state index contributed by atoms with van der Waals surface area (Å²) in [5, 5.41) is 8.08. The third-order valence-electron chi connectivity index (χ3n) is 2.88. The number of fused-ring (bicyclic) bond motifs is 1. The van der Waals surface area contributed by atoms with Gasteiger partial charge < -0.3 is 11.1 Å². The Morgan fingerprint density at radius 2 is 2.00 bits per heavy atom. The summed E-state index contributed by atoms with van der Waals surface area (Å²) in [6.45, 7) is 0. The number of carbonyl (C=O) groups excluding carboxylic acids is 1. The summed E-state index contributed by atoms with van der Waals surface area (Å²) >= 11 is 5.88. The molecule has 1 heterocycles. The minimum absolute atomic E-state index is 0.321. The van der Waals surface area contributed by atoms with E-state index in [1.165, 1.54) is 4.68 Å². The first-order valence-electron chi connectivity index (χ1n) is 5.95. The summed E-state index contributed by atoms with van der Waals surface area (Å²) < 4.78 is 1.24. The van der Waals surface area contributed by atoms with Crippen molar-refractivity contribution in [3.05, 3.63) is 53.6 Å². The number of nitrogen functional groups attached to an aromatic ring is 1. The Labute approximate surface area is 119 Å². The predicted molar refractivity (Wildman–Crippen MR) is 80.0 cm³/mol. The molecule has 0 aliphatic rings. The highest BCUT2D eigenvalue weighted by molar-refractivity contribution is 6.30. The number of nitrogens with zero attached hydrogens (tertiary/aromatic N) is 2. The molecule has 0 aliphatic heterocycles. The molecule has 1 amide bonds. The van der Waals surface area contributed by atoms with Crippen LogP contribution >= 0.6 is 11.6 Å². The number of nitrogens with one attached hydrogen (secondary N) is 1. The number of amides is 1. The van der Waals surface area contributed by atoms with Crippen LogP contribution in [0.5, 0.6) is 0 Å². The van der Waals surface area contributed by atoms with E-state index < -0.39 is 0 Å². The topological polar surface area (TPSA) is 72.9 Å². The molecule has 0 fully saturated rings. The average Bonchev–Trinajstić information content (AvgIpc) is 2.77. The van der Waals surface area contributed by atoms with Gasteiger partial charge in [0.15, 0.2) is 5.82 Å². The van der Waals surface area contributed by atoms with Crippen LogP contribution < -0.4 is 11.1 Å². The number of aromatic nitrogens is 2. The van der Waals surface area contributed by atoms with Gasteiger partial charge in [0, 0.05) is 16.1 Å². The molecular weight excluding hydrogens is 276 g/mol. The molecule has 3 N–H and O–H groups in total. The molecule has 0 unspecified atom stereocenters. The van der Waals surface area contributed by atoms with Gasteiger partial charge in [0.1, 0.15) is 0 Å². The van der Waals surface area contributed by atoms with Crippen LogP contribution in [0.2, 0.25) is 5.02 Å². The first-order valence-corrected chi connectivity index (χ1v) is 6.33. The van der Waals surface area contributed by atoms with Gasteiger partial charge in [-0.3, -0.25) is 0 Å². The molecule has 20 heavy (non-hydrogen) atoms. The standard InChI is InChI=1S/C14H11ClN4O/c15-9-4-3-5-10(8-9)17-14(20)19-12-7-2-1-6-11(12)13(16)18-19/h1-8H,(H2,16,18)(H,17,20). The molecule has 100 valence electrons. The van der Waals surface area contributed by atoms with Crippen molar-refractivity contribution in [3.8, 4) is 0 Å². The average molecular weight is 287 g/mol. The van der Waals surface area contributed by atoms with Crippen LogP contribution in [-0.4, -0.2) is 15.8 Å². The molecule has 0 radical (unpaired) electrons. The van der Waals surface area contributed by atoms with Crippen molar-refractivity contribution in [2.24, 2.45) is 0 Å². The first kappa shape index (κ1) is 12.5. The molecule has 6 heteroatoms. The molecule has 3 rings (SSSR count). The molecule has 0 spiro atoms. The van der Waals surface area contributed by atoms with E-state index in [0.29, 0.717) is 22.0 Å². The highest BCUT2D eigenvalue weighted by Gasteiger charge is 2.13. The van der Waals surface area contributed by atoms with Crippen molar-refractivity contribution in [3.63, 3.8) is 0 Å². The number of hydrogen-bond donors (Lipinski definition) is 2. The number of carbonyl (C=O) groups is 1. The van der Waals surface area contributed by atoms with E-state index in [9.17, 15) is 4.79 Å². The second-order valence-electron chi connectivity index (χ2n) is 4.25. The van der Waals surface area contributed by atoms with Crippen molar-refractivity contribution in [2.45, 2.75) is 0 Å². The molecule has 0 saturated heterocycles. The Kier molecular flexibility index (Phi) is 3.04. The van der Waals surface area contributed by atoms with E-state index in [2.05, 4.69) is 10.4 Å². The number of rotatable bonds is 1. The smallest absolute Gasteiger partial charge is 0.347 e. The zero-order valence-electron chi connectivity index (χ0n) is 10.4. The fourth-order valence-corrected chi connectivity index (χ4v) is 2.18. The maximum Gasteiger partial charge on any atom is 0.347 e. The van der Waals surface area contributed by atoms with Gasteiger partial charge in [-0.05, 0) is 30.3 Å². The zero-order chi connectivity index (χ0) is 14.1. The van der Waals surface area contributed by atoms with Gasteiger partial charge in [0.05, 0.1) is 5.52 Å². The summed E-state index contributed by atoms with van der Waals surface area (Å²) in [6, 6.07) is 13.8. The maximum absolute atomic E-state index is 12.2. The SMILES string of the molecule is Nc1nn(C(=O)Nc2cccc(Cl)c2)c2ccccc12. The van der Waals surface area contributed by atoms with Gasteiger partial charge in [-0.2, -0.15) is 4.68 Å². The van der Waals surface area contributed by atoms with E-state index >= 15 is 0 Å². The Balaban J connectivity index is 1.97. The summed E-state index contributed by atoms with van der Waals surface area (Å²) in [7, 11) is 0. The normalized spacial score (nSPS) is 10.7. The molecule has 1 aromatic heterocycles. The lowest BCUT2D eigenvalue weighted by Gasteiger charge is -2.05. The van der Waals surface area contributed by atoms with Crippen LogP contribution in [0, 0.1) is 0 Å². The van der Waals surface area contributed by atoms with E-state index in [4.69, 9.17) is 17.3 Å². The van der Waals surface area contributed by atoms with Gasteiger partial charge in [0.25, 0.3) is 0 Å². The Morgan fingerprint density at radius 1 is 1.20 bits per heavy atom. The van der Waals surface area contributed by atoms with Crippen molar-refractivity contribution in [2.75, 3.05) is 11.1 Å². The largest absolute Gasteiger partial charge is 0.382 e. The third-order valence-corrected chi connectivity index (χ3v) is 3.12. The summed E-state index contributed by atoms with van der Waals surface area (Å²) in [5.41, 5.74) is 7.05. The van der Waals surface area contributed by atoms with E-state index in [1.54, 1.807) is 30.3 Å². The van der Waals surface area contributed by atoms with Gasteiger partial charge in [-0.25, -0.2) is 4.79 Å². The molecule has 3 aromatic rings. The highest BCUT2D eigenvalue weighted by atomic mass is 35.5. The zero-order valence-corrected chi connectivity index (χ0v) is 11.1. The summed E-state index contributed by atoms with van der Waals surface area (Å²) in [5.74, 6) is 0.321. The summed E-state index contributed by atoms with van der Waals surface area (Å²) in [4.78, 5) is 12.2. The van der Waals surface area contributed by atoms with Crippen molar-refractivity contribution < 1.29 is 4.79 Å². The lowest BCUT2D eigenvalue weighted by atomic mass is 10.2. The van der Waals surface area contributed by atoms with Gasteiger partial charge in [-0.1, -0.05) is 29.8 Å². The third kappa shape index (κ3) is 2.19. The molecule has 0 aliphatic carbocycles. The monoisotopic (exact) mass is 286 g/mol. The van der Waals surface area contributed by atoms with Crippen LogP contribution in [0.3, 0.4) is 0 Å². The van der Waals surface area contributed by atoms with Crippen molar-refractivity contribution >= 4 is 40.0 Å². The van der Waals surface area contributed by atoms with Crippen LogP contribution in [0.15, 0.2) is 48.5 Å². The van der Waals surface area contributed by atoms with Crippen molar-refractivity contribution in [1.82, 2.24) is 9.78 Å². The molecule has 0 atom stereocenters. The van der Waals surface area contributed by atoms with Crippen LogP contribution in [0.25, 0.3) is 10.9 Å². The van der Waals surface area contributed by atoms with Gasteiger partial charge >= 0.3 is 6.03 Å². The number of anilines is 2. The number of benzene rings is 2. The Bertz CT molecular complexity index is 797. The molecule has 5 nitrogen and oxygen atoms in total. The van der Waals surface area contributed by atoms with Crippen LogP contribution in [0.1, 0.15) is 0 Å². The lowest BCUT2D eigenvalue weighted by Crippen LogP contribution is -2.20.